The van der Waals surface area contributed by atoms with Gasteiger partial charge in [-0.1, -0.05) is 29.4 Å². The first-order valence-corrected chi connectivity index (χ1v) is 4.80. The van der Waals surface area contributed by atoms with Crippen molar-refractivity contribution in [1.29, 1.82) is 0 Å². The highest BCUT2D eigenvalue weighted by Crippen LogP contribution is 2.02. The van der Waals surface area contributed by atoms with Gasteiger partial charge in [-0.3, -0.25) is 4.99 Å². The molecule has 0 amide bonds. The van der Waals surface area contributed by atoms with Crippen LogP contribution in [0.4, 0.5) is 0 Å². The molecule has 0 saturated heterocycles. The van der Waals surface area contributed by atoms with Crippen LogP contribution in [0.1, 0.15) is 13.8 Å². The van der Waals surface area contributed by atoms with Crippen molar-refractivity contribution in [2.75, 3.05) is 5.75 Å². The van der Waals surface area contributed by atoms with E-state index in [1.54, 1.807) is 0 Å². The maximum atomic E-state index is 5.55. The van der Waals surface area contributed by atoms with Crippen LogP contribution in [0.15, 0.2) is 16.6 Å². The number of amidine groups is 1. The van der Waals surface area contributed by atoms with Gasteiger partial charge in [0.2, 0.25) is 0 Å². The maximum Gasteiger partial charge on any atom is 0.154 e. The maximum absolute atomic E-state index is 5.55. The van der Waals surface area contributed by atoms with E-state index in [4.69, 9.17) is 17.3 Å². The third-order valence-corrected chi connectivity index (χ3v) is 1.74. The fourth-order valence-corrected chi connectivity index (χ4v) is 1.30. The van der Waals surface area contributed by atoms with Gasteiger partial charge >= 0.3 is 0 Å². The summed E-state index contributed by atoms with van der Waals surface area (Å²) in [4.78, 5) is 4.13. The molecule has 0 aromatic rings. The highest BCUT2D eigenvalue weighted by atomic mass is 35.5. The van der Waals surface area contributed by atoms with E-state index < -0.39 is 0 Å². The number of hydrogen-bond acceptors (Lipinski definition) is 2. The molecule has 0 spiro atoms. The number of halogens is 2. The monoisotopic (exact) mass is 228 g/mol. The van der Waals surface area contributed by atoms with Gasteiger partial charge in [-0.15, -0.1) is 12.4 Å². The Morgan fingerprint density at radius 3 is 2.67 bits per heavy atom. The fraction of sp³-hybridized carbons (Fsp3) is 0.571. The van der Waals surface area contributed by atoms with Crippen molar-refractivity contribution < 1.29 is 0 Å². The molecule has 2 nitrogen and oxygen atoms in total. The molecule has 0 rings (SSSR count). The standard InChI is InChI=1S/C7H13ClN2S.ClH/c1-6(2)10-7(9)11-5-3-4-8;/h3-4,6H,5H2,1-2H3,(H2,9,10);1H/b4-3+;. The molecule has 0 heterocycles. The van der Waals surface area contributed by atoms with Gasteiger partial charge in [-0.25, -0.2) is 0 Å². The molecule has 0 aromatic carbocycles. The predicted molar refractivity (Wildman–Crippen MR) is 61.5 cm³/mol. The second kappa shape index (κ2) is 9.23. The molecule has 0 radical (unpaired) electrons. The van der Waals surface area contributed by atoms with E-state index >= 15 is 0 Å². The summed E-state index contributed by atoms with van der Waals surface area (Å²) in [5, 5.41) is 0.620. The molecule has 0 saturated carbocycles. The van der Waals surface area contributed by atoms with E-state index in [9.17, 15) is 0 Å². The summed E-state index contributed by atoms with van der Waals surface area (Å²) in [5.41, 5.74) is 7.03. The smallest absolute Gasteiger partial charge is 0.154 e. The van der Waals surface area contributed by atoms with Crippen molar-refractivity contribution in [3.63, 3.8) is 0 Å². The molecular formula is C7H14Cl2N2S. The quantitative estimate of drug-likeness (QED) is 0.596. The Morgan fingerprint density at radius 2 is 2.25 bits per heavy atom. The second-order valence-corrected chi connectivity index (χ2v) is 3.53. The summed E-state index contributed by atoms with van der Waals surface area (Å²) >= 11 is 6.80. The van der Waals surface area contributed by atoms with Gasteiger partial charge in [0.05, 0.1) is 0 Å². The molecule has 0 aromatic heterocycles. The third kappa shape index (κ3) is 10.1. The second-order valence-electron chi connectivity index (χ2n) is 2.23. The van der Waals surface area contributed by atoms with Gasteiger partial charge in [0, 0.05) is 17.3 Å². The molecule has 0 aliphatic carbocycles. The molecule has 0 bridgehead atoms. The zero-order chi connectivity index (χ0) is 8.69. The van der Waals surface area contributed by atoms with Crippen LogP contribution in [-0.2, 0) is 0 Å². The average Bonchev–Trinajstić information content (AvgIpc) is 1.86. The normalized spacial score (nSPS) is 12.2. The van der Waals surface area contributed by atoms with Gasteiger partial charge < -0.3 is 5.73 Å². The number of thioether (sulfide) groups is 1. The van der Waals surface area contributed by atoms with Crippen molar-refractivity contribution in [2.24, 2.45) is 10.7 Å². The van der Waals surface area contributed by atoms with Crippen molar-refractivity contribution >= 4 is 40.9 Å². The Hall–Kier alpha value is 0.140. The lowest BCUT2D eigenvalue weighted by Gasteiger charge is -1.99. The first kappa shape index (κ1) is 14.7. The van der Waals surface area contributed by atoms with Crippen molar-refractivity contribution in [3.05, 3.63) is 11.6 Å². The average molecular weight is 229 g/mol. The highest BCUT2D eigenvalue weighted by Gasteiger charge is 1.92. The highest BCUT2D eigenvalue weighted by molar-refractivity contribution is 8.13. The van der Waals surface area contributed by atoms with Crippen LogP contribution < -0.4 is 5.73 Å². The Bertz CT molecular complexity index is 157. The molecule has 0 aliphatic heterocycles. The lowest BCUT2D eigenvalue weighted by molar-refractivity contribution is 0.838. The topological polar surface area (TPSA) is 38.4 Å². The molecule has 12 heavy (non-hydrogen) atoms. The number of aliphatic imine (C=N–C) groups is 1. The summed E-state index contributed by atoms with van der Waals surface area (Å²) < 4.78 is 0. The van der Waals surface area contributed by atoms with Gasteiger partial charge in [-0.2, -0.15) is 0 Å². The minimum Gasteiger partial charge on any atom is -0.379 e. The van der Waals surface area contributed by atoms with Crippen LogP contribution in [0.2, 0.25) is 0 Å². The van der Waals surface area contributed by atoms with Crippen LogP contribution in [0.25, 0.3) is 0 Å². The largest absolute Gasteiger partial charge is 0.379 e. The minimum atomic E-state index is 0. The van der Waals surface area contributed by atoms with Gasteiger partial charge in [0.25, 0.3) is 0 Å². The number of nitrogens with zero attached hydrogens (tertiary/aromatic N) is 1. The summed E-state index contributed by atoms with van der Waals surface area (Å²) in [6.45, 7) is 3.98. The predicted octanol–water partition coefficient (Wildman–Crippen LogP) is 2.62. The van der Waals surface area contributed by atoms with E-state index in [2.05, 4.69) is 4.99 Å². The van der Waals surface area contributed by atoms with Crippen molar-refractivity contribution in [2.45, 2.75) is 19.9 Å². The number of hydrogen-bond donors (Lipinski definition) is 1. The molecular weight excluding hydrogens is 215 g/mol. The van der Waals surface area contributed by atoms with E-state index in [0.717, 1.165) is 5.75 Å². The molecule has 0 atom stereocenters. The Morgan fingerprint density at radius 1 is 1.67 bits per heavy atom. The van der Waals surface area contributed by atoms with E-state index in [-0.39, 0.29) is 18.4 Å². The lowest BCUT2D eigenvalue weighted by Crippen LogP contribution is -2.09. The summed E-state index contributed by atoms with van der Waals surface area (Å²) in [6, 6.07) is 0.266. The zero-order valence-electron chi connectivity index (χ0n) is 7.16. The lowest BCUT2D eigenvalue weighted by atomic mass is 10.4. The Balaban J connectivity index is 0. The Labute approximate surface area is 89.1 Å². The molecule has 0 fully saturated rings. The first-order valence-electron chi connectivity index (χ1n) is 3.38. The van der Waals surface area contributed by atoms with Crippen molar-refractivity contribution in [1.82, 2.24) is 0 Å². The van der Waals surface area contributed by atoms with Gasteiger partial charge in [0.1, 0.15) is 0 Å². The van der Waals surface area contributed by atoms with Crippen molar-refractivity contribution in [3.8, 4) is 0 Å². The van der Waals surface area contributed by atoms with Crippen LogP contribution in [0.5, 0.6) is 0 Å². The summed E-state index contributed by atoms with van der Waals surface area (Å²) in [6.07, 6.45) is 1.83. The number of nitrogens with two attached hydrogens (primary N) is 1. The first-order chi connectivity index (χ1) is 5.16. The van der Waals surface area contributed by atoms with E-state index in [0.29, 0.717) is 5.17 Å². The summed E-state index contributed by atoms with van der Waals surface area (Å²) in [5.74, 6) is 0.783. The van der Waals surface area contributed by atoms with Crippen LogP contribution in [0, 0.1) is 0 Å². The van der Waals surface area contributed by atoms with E-state index in [1.807, 2.05) is 19.9 Å². The summed E-state index contributed by atoms with van der Waals surface area (Å²) in [7, 11) is 0. The minimum absolute atomic E-state index is 0. The molecule has 72 valence electrons. The number of rotatable bonds is 3. The van der Waals surface area contributed by atoms with Gasteiger partial charge in [-0.05, 0) is 13.8 Å². The van der Waals surface area contributed by atoms with E-state index in [1.165, 1.54) is 17.3 Å². The van der Waals surface area contributed by atoms with Crippen LogP contribution in [0.3, 0.4) is 0 Å². The molecule has 0 aliphatic rings. The van der Waals surface area contributed by atoms with Crippen LogP contribution >= 0.6 is 35.8 Å². The Kier molecular flexibility index (Phi) is 11.3. The fourth-order valence-electron chi connectivity index (χ4n) is 0.462. The molecule has 5 heteroatoms. The molecule has 2 N–H and O–H groups in total. The SMILES string of the molecule is CC(C)N=C(N)SC/C=C/Cl.Cl. The van der Waals surface area contributed by atoms with Crippen LogP contribution in [-0.4, -0.2) is 17.0 Å². The van der Waals surface area contributed by atoms with Gasteiger partial charge in [0.15, 0.2) is 5.17 Å². The third-order valence-electron chi connectivity index (χ3n) is 0.802. The molecule has 0 unspecified atom stereocenters. The zero-order valence-corrected chi connectivity index (χ0v) is 9.55.